The molecule has 1 rings (SSSR count). The molecule has 1 saturated heterocycles. The van der Waals surface area contributed by atoms with E-state index in [2.05, 4.69) is 42.6 Å². The van der Waals surface area contributed by atoms with E-state index in [0.717, 1.165) is 31.3 Å². The summed E-state index contributed by atoms with van der Waals surface area (Å²) in [7, 11) is 0. The smallest absolute Gasteiger partial charge is 0.191 e. The van der Waals surface area contributed by atoms with Crippen LogP contribution in [0, 0.1) is 5.92 Å². The second-order valence-corrected chi connectivity index (χ2v) is 6.68. The molecule has 4 nitrogen and oxygen atoms in total. The van der Waals surface area contributed by atoms with E-state index in [4.69, 9.17) is 4.99 Å². The van der Waals surface area contributed by atoms with E-state index in [1.165, 1.54) is 25.9 Å². The van der Waals surface area contributed by atoms with Gasteiger partial charge in [0.2, 0.25) is 0 Å². The largest absolute Gasteiger partial charge is 0.357 e. The van der Waals surface area contributed by atoms with Gasteiger partial charge in [0.25, 0.3) is 0 Å². The number of hydrogen-bond donors (Lipinski definition) is 2. The molecular formula is C15H33IN4S. The first-order valence-corrected chi connectivity index (χ1v) is 9.33. The van der Waals surface area contributed by atoms with Gasteiger partial charge in [0.05, 0.1) is 6.54 Å². The number of nitrogens with one attached hydrogen (secondary N) is 2. The molecule has 0 amide bonds. The third kappa shape index (κ3) is 8.50. The van der Waals surface area contributed by atoms with Crippen LogP contribution in [0.2, 0.25) is 0 Å². The van der Waals surface area contributed by atoms with Gasteiger partial charge in [-0.15, -0.1) is 24.0 Å². The fourth-order valence-corrected chi connectivity index (χ4v) is 2.93. The van der Waals surface area contributed by atoms with Gasteiger partial charge in [0.15, 0.2) is 5.96 Å². The Bertz CT molecular complexity index is 281. The average molecular weight is 428 g/mol. The Kier molecular flexibility index (Phi) is 13.0. The maximum absolute atomic E-state index is 4.79. The standard InChI is InChI=1S/C15H32N4S.HI/c1-5-16-15(17-8-11-20-4)18-12-14(13(2)3)19-9-6-7-10-19;/h13-14H,5-12H2,1-4H3,(H2,16,17,18);1H. The highest BCUT2D eigenvalue weighted by Crippen LogP contribution is 2.17. The minimum atomic E-state index is 0. The van der Waals surface area contributed by atoms with Gasteiger partial charge in [-0.3, -0.25) is 9.89 Å². The Labute approximate surface area is 152 Å². The fraction of sp³-hybridized carbons (Fsp3) is 0.933. The Balaban J connectivity index is 0.00000400. The van der Waals surface area contributed by atoms with Gasteiger partial charge < -0.3 is 10.6 Å². The van der Waals surface area contributed by atoms with Crippen LogP contribution in [0.1, 0.15) is 33.6 Å². The van der Waals surface area contributed by atoms with Gasteiger partial charge in [0.1, 0.15) is 0 Å². The SMILES string of the molecule is CCNC(=NCC(C(C)C)N1CCCC1)NCCSC.I. The van der Waals surface area contributed by atoms with Crippen molar-refractivity contribution in [1.29, 1.82) is 0 Å². The van der Waals surface area contributed by atoms with Gasteiger partial charge in [-0.25, -0.2) is 0 Å². The van der Waals surface area contributed by atoms with Crippen molar-refractivity contribution in [1.82, 2.24) is 15.5 Å². The summed E-state index contributed by atoms with van der Waals surface area (Å²) < 4.78 is 0. The Morgan fingerprint density at radius 1 is 1.24 bits per heavy atom. The summed E-state index contributed by atoms with van der Waals surface area (Å²) in [5.74, 6) is 2.74. The first-order valence-electron chi connectivity index (χ1n) is 7.94. The number of aliphatic imine (C=N–C) groups is 1. The van der Waals surface area contributed by atoms with Crippen LogP contribution in [0.25, 0.3) is 0 Å². The summed E-state index contributed by atoms with van der Waals surface area (Å²) in [6.45, 7) is 12.0. The molecule has 1 aliphatic rings. The van der Waals surface area contributed by atoms with Gasteiger partial charge in [0, 0.05) is 24.9 Å². The number of hydrogen-bond acceptors (Lipinski definition) is 3. The predicted molar refractivity (Wildman–Crippen MR) is 107 cm³/mol. The first kappa shape index (κ1) is 21.3. The molecule has 21 heavy (non-hydrogen) atoms. The van der Waals surface area contributed by atoms with Crippen LogP contribution in [0.3, 0.4) is 0 Å². The Hall–Kier alpha value is 0.310. The normalized spacial score (nSPS) is 17.7. The van der Waals surface area contributed by atoms with Crippen LogP contribution < -0.4 is 10.6 Å². The van der Waals surface area contributed by atoms with Gasteiger partial charge >= 0.3 is 0 Å². The number of guanidine groups is 1. The number of nitrogens with zero attached hydrogens (tertiary/aromatic N) is 2. The van der Waals surface area contributed by atoms with Crippen molar-refractivity contribution in [3.05, 3.63) is 0 Å². The molecular weight excluding hydrogens is 395 g/mol. The third-order valence-corrected chi connectivity index (χ3v) is 4.37. The van der Waals surface area contributed by atoms with Crippen molar-refractivity contribution in [3.8, 4) is 0 Å². The maximum atomic E-state index is 4.79. The number of halogens is 1. The Morgan fingerprint density at radius 3 is 2.43 bits per heavy atom. The van der Waals surface area contributed by atoms with Crippen molar-refractivity contribution in [2.24, 2.45) is 10.9 Å². The highest BCUT2D eigenvalue weighted by Gasteiger charge is 2.24. The number of likely N-dealkylation sites (tertiary alicyclic amines) is 1. The number of thioether (sulfide) groups is 1. The van der Waals surface area contributed by atoms with Crippen molar-refractivity contribution < 1.29 is 0 Å². The molecule has 0 saturated carbocycles. The summed E-state index contributed by atoms with van der Waals surface area (Å²) in [6.07, 6.45) is 4.83. The van der Waals surface area contributed by atoms with Crippen LogP contribution >= 0.6 is 35.7 Å². The second-order valence-electron chi connectivity index (χ2n) is 5.69. The molecule has 0 spiro atoms. The average Bonchev–Trinajstić information content (AvgIpc) is 2.92. The molecule has 0 aliphatic carbocycles. The molecule has 0 bridgehead atoms. The maximum Gasteiger partial charge on any atom is 0.191 e. The summed E-state index contributed by atoms with van der Waals surface area (Å²) in [5, 5.41) is 6.74. The molecule has 1 unspecified atom stereocenters. The van der Waals surface area contributed by atoms with Gasteiger partial charge in [-0.1, -0.05) is 13.8 Å². The predicted octanol–water partition coefficient (Wildman–Crippen LogP) is 2.64. The van der Waals surface area contributed by atoms with Crippen LogP contribution in [0.5, 0.6) is 0 Å². The van der Waals surface area contributed by atoms with E-state index in [1.54, 1.807) is 0 Å². The van der Waals surface area contributed by atoms with E-state index < -0.39 is 0 Å². The van der Waals surface area contributed by atoms with E-state index in [-0.39, 0.29) is 24.0 Å². The molecule has 0 aromatic heterocycles. The van der Waals surface area contributed by atoms with Crippen molar-refractivity contribution >= 4 is 41.7 Å². The monoisotopic (exact) mass is 428 g/mol. The minimum absolute atomic E-state index is 0. The van der Waals surface area contributed by atoms with E-state index in [9.17, 15) is 0 Å². The summed E-state index contributed by atoms with van der Waals surface area (Å²) in [6, 6.07) is 0.577. The minimum Gasteiger partial charge on any atom is -0.357 e. The molecule has 6 heteroatoms. The molecule has 1 heterocycles. The van der Waals surface area contributed by atoms with Crippen LogP contribution in [-0.2, 0) is 0 Å². The van der Waals surface area contributed by atoms with E-state index in [0.29, 0.717) is 12.0 Å². The quantitative estimate of drug-likeness (QED) is 0.270. The van der Waals surface area contributed by atoms with Crippen LogP contribution in [0.15, 0.2) is 4.99 Å². The van der Waals surface area contributed by atoms with E-state index in [1.807, 2.05) is 11.8 Å². The molecule has 126 valence electrons. The van der Waals surface area contributed by atoms with Crippen molar-refractivity contribution in [3.63, 3.8) is 0 Å². The molecule has 1 atom stereocenters. The van der Waals surface area contributed by atoms with E-state index >= 15 is 0 Å². The zero-order chi connectivity index (χ0) is 14.8. The highest BCUT2D eigenvalue weighted by atomic mass is 127. The molecule has 0 aromatic carbocycles. The third-order valence-electron chi connectivity index (χ3n) is 3.76. The summed E-state index contributed by atoms with van der Waals surface area (Å²) >= 11 is 1.86. The summed E-state index contributed by atoms with van der Waals surface area (Å²) in [4.78, 5) is 7.41. The van der Waals surface area contributed by atoms with Gasteiger partial charge in [-0.2, -0.15) is 11.8 Å². The topological polar surface area (TPSA) is 39.7 Å². The lowest BCUT2D eigenvalue weighted by molar-refractivity contribution is 0.197. The second kappa shape index (κ2) is 12.8. The number of rotatable bonds is 8. The zero-order valence-corrected chi connectivity index (χ0v) is 17.2. The molecule has 1 fully saturated rings. The molecule has 2 N–H and O–H groups in total. The lowest BCUT2D eigenvalue weighted by Crippen LogP contribution is -2.42. The summed E-state index contributed by atoms with van der Waals surface area (Å²) in [5.41, 5.74) is 0. The molecule has 1 aliphatic heterocycles. The van der Waals surface area contributed by atoms with Crippen LogP contribution in [0.4, 0.5) is 0 Å². The van der Waals surface area contributed by atoms with Gasteiger partial charge in [-0.05, 0) is 45.0 Å². The lowest BCUT2D eigenvalue weighted by Gasteiger charge is -2.29. The molecule has 0 aromatic rings. The molecule has 0 radical (unpaired) electrons. The fourth-order valence-electron chi connectivity index (χ4n) is 2.62. The van der Waals surface area contributed by atoms with Crippen molar-refractivity contribution in [2.45, 2.75) is 39.7 Å². The first-order chi connectivity index (χ1) is 9.69. The Morgan fingerprint density at radius 2 is 1.90 bits per heavy atom. The highest BCUT2D eigenvalue weighted by molar-refractivity contribution is 14.0. The lowest BCUT2D eigenvalue weighted by atomic mass is 10.0. The van der Waals surface area contributed by atoms with Crippen molar-refractivity contribution in [2.75, 3.05) is 44.7 Å². The zero-order valence-electron chi connectivity index (χ0n) is 14.0. The van der Waals surface area contributed by atoms with Crippen LogP contribution in [-0.4, -0.2) is 61.6 Å².